The molecule has 0 saturated carbocycles. The summed E-state index contributed by atoms with van der Waals surface area (Å²) in [6, 6.07) is 5.80. The second kappa shape index (κ2) is 4.52. The van der Waals surface area contributed by atoms with Crippen molar-refractivity contribution < 1.29 is 9.53 Å². The lowest BCUT2D eigenvalue weighted by molar-refractivity contribution is 0.0918. The van der Waals surface area contributed by atoms with E-state index in [1.807, 2.05) is 39.0 Å². The van der Waals surface area contributed by atoms with Crippen LogP contribution in [-0.2, 0) is 11.2 Å². The molecule has 0 aliphatic heterocycles. The third-order valence-corrected chi connectivity index (χ3v) is 2.92. The van der Waals surface area contributed by atoms with E-state index in [1.165, 1.54) is 5.56 Å². The number of rotatable bonds is 1. The van der Waals surface area contributed by atoms with Gasteiger partial charge >= 0.3 is 6.09 Å². The van der Waals surface area contributed by atoms with Gasteiger partial charge in [-0.25, -0.2) is 4.79 Å². The number of nitrogens with two attached hydrogens (primary N) is 1. The second-order valence-electron chi connectivity index (χ2n) is 5.77. The maximum atomic E-state index is 11.7. The van der Waals surface area contributed by atoms with E-state index in [-0.39, 0.29) is 17.7 Å². The molecule has 1 aliphatic carbocycles. The molecule has 1 amide bonds. The molecule has 2 rings (SSSR count). The molecule has 0 saturated heterocycles. The monoisotopic (exact) mass is 248 g/mol. The fraction of sp³-hybridized carbons (Fsp3) is 0.500. The third kappa shape index (κ3) is 2.94. The fourth-order valence-corrected chi connectivity index (χ4v) is 2.17. The van der Waals surface area contributed by atoms with E-state index in [0.717, 1.165) is 18.4 Å². The first-order valence-corrected chi connectivity index (χ1v) is 6.22. The van der Waals surface area contributed by atoms with Gasteiger partial charge in [-0.2, -0.15) is 0 Å². The van der Waals surface area contributed by atoms with Crippen LogP contribution in [0.5, 0.6) is 0 Å². The van der Waals surface area contributed by atoms with Crippen molar-refractivity contribution in [1.82, 2.24) is 5.32 Å². The van der Waals surface area contributed by atoms with Crippen LogP contribution in [0, 0.1) is 0 Å². The van der Waals surface area contributed by atoms with Crippen LogP contribution >= 0.6 is 0 Å². The minimum Gasteiger partial charge on any atom is -0.441 e. The Bertz CT molecular complexity index is 463. The van der Waals surface area contributed by atoms with Gasteiger partial charge in [-0.1, -0.05) is 6.07 Å². The van der Waals surface area contributed by atoms with Crippen molar-refractivity contribution in [2.75, 3.05) is 5.73 Å². The largest absolute Gasteiger partial charge is 0.441 e. The molecule has 18 heavy (non-hydrogen) atoms. The molecule has 1 aromatic carbocycles. The van der Waals surface area contributed by atoms with Crippen LogP contribution in [0.1, 0.15) is 44.4 Å². The highest BCUT2D eigenvalue weighted by atomic mass is 16.6. The van der Waals surface area contributed by atoms with Crippen molar-refractivity contribution in [3.63, 3.8) is 0 Å². The highest BCUT2D eigenvalue weighted by Crippen LogP contribution is 2.35. The van der Waals surface area contributed by atoms with Crippen LogP contribution in [0.25, 0.3) is 0 Å². The van der Waals surface area contributed by atoms with Crippen LogP contribution in [0.4, 0.5) is 10.5 Å². The number of amides is 1. The summed E-state index contributed by atoms with van der Waals surface area (Å²) >= 11 is 0. The lowest BCUT2D eigenvalue weighted by Gasteiger charge is -2.22. The van der Waals surface area contributed by atoms with Gasteiger partial charge < -0.3 is 15.8 Å². The summed E-state index contributed by atoms with van der Waals surface area (Å²) < 4.78 is 5.46. The summed E-state index contributed by atoms with van der Waals surface area (Å²) in [5, 5.41) is 2.80. The van der Waals surface area contributed by atoms with Crippen molar-refractivity contribution >= 4 is 11.8 Å². The van der Waals surface area contributed by atoms with Gasteiger partial charge in [0, 0.05) is 11.2 Å². The zero-order valence-electron chi connectivity index (χ0n) is 11.1. The minimum absolute atomic E-state index is 0.175. The summed E-state index contributed by atoms with van der Waals surface area (Å²) in [5.41, 5.74) is 8.46. The van der Waals surface area contributed by atoms with Gasteiger partial charge in [0.25, 0.3) is 0 Å². The number of hydrogen-bond donors (Lipinski definition) is 2. The van der Waals surface area contributed by atoms with Crippen molar-refractivity contribution in [3.8, 4) is 0 Å². The maximum absolute atomic E-state index is 11.7. The van der Waals surface area contributed by atoms with E-state index in [9.17, 15) is 4.79 Å². The molecule has 1 aliphatic rings. The topological polar surface area (TPSA) is 64.3 Å². The highest BCUT2D eigenvalue weighted by Gasteiger charge is 2.27. The molecule has 4 heteroatoms. The van der Waals surface area contributed by atoms with Gasteiger partial charge in [-0.05, 0) is 56.9 Å². The van der Waals surface area contributed by atoms with E-state index in [1.54, 1.807) is 0 Å². The fourth-order valence-electron chi connectivity index (χ4n) is 2.17. The molecule has 4 nitrogen and oxygen atoms in total. The van der Waals surface area contributed by atoms with Crippen molar-refractivity contribution in [3.05, 3.63) is 29.3 Å². The lowest BCUT2D eigenvalue weighted by Crippen LogP contribution is -2.41. The quantitative estimate of drug-likeness (QED) is 0.751. The molecule has 1 atom stereocenters. The van der Waals surface area contributed by atoms with E-state index < -0.39 is 0 Å². The average molecular weight is 248 g/mol. The van der Waals surface area contributed by atoms with Crippen LogP contribution in [0.3, 0.4) is 0 Å². The van der Waals surface area contributed by atoms with E-state index in [0.29, 0.717) is 5.69 Å². The molecule has 0 fully saturated rings. The molecule has 1 aromatic rings. The Kier molecular flexibility index (Phi) is 3.20. The molecule has 1 unspecified atom stereocenters. The van der Waals surface area contributed by atoms with Crippen LogP contribution in [0.2, 0.25) is 0 Å². The van der Waals surface area contributed by atoms with Gasteiger partial charge in [0.1, 0.15) is 6.10 Å². The van der Waals surface area contributed by atoms with Gasteiger partial charge in [-0.3, -0.25) is 0 Å². The van der Waals surface area contributed by atoms with Crippen molar-refractivity contribution in [2.45, 2.75) is 45.3 Å². The Balaban J connectivity index is 2.06. The molecule has 0 radical (unpaired) electrons. The molecule has 3 N–H and O–H groups in total. The number of alkyl carbamates (subject to hydrolysis) is 1. The van der Waals surface area contributed by atoms with E-state index in [2.05, 4.69) is 5.32 Å². The summed E-state index contributed by atoms with van der Waals surface area (Å²) in [5.74, 6) is 0. The Morgan fingerprint density at radius 2 is 2.17 bits per heavy atom. The number of benzene rings is 1. The number of fused-ring (bicyclic) bond motifs is 1. The smallest absolute Gasteiger partial charge is 0.408 e. The molecule has 0 heterocycles. The first-order chi connectivity index (χ1) is 8.35. The molecular formula is C14H20N2O2. The number of anilines is 1. The number of nitrogen functional groups attached to an aromatic ring is 1. The van der Waals surface area contributed by atoms with Gasteiger partial charge in [0.2, 0.25) is 0 Å². The maximum Gasteiger partial charge on any atom is 0.408 e. The molecule has 0 aromatic heterocycles. The minimum atomic E-state index is -0.372. The second-order valence-corrected chi connectivity index (χ2v) is 5.77. The van der Waals surface area contributed by atoms with Gasteiger partial charge in [0.15, 0.2) is 0 Å². The molecule has 0 bridgehead atoms. The molecular weight excluding hydrogens is 228 g/mol. The average Bonchev–Trinajstić information content (AvgIpc) is 2.58. The Labute approximate surface area is 108 Å². The first kappa shape index (κ1) is 12.7. The van der Waals surface area contributed by atoms with Crippen LogP contribution < -0.4 is 11.1 Å². The zero-order chi connectivity index (χ0) is 13.3. The number of carbonyl (C=O) groups excluding carboxylic acids is 1. The van der Waals surface area contributed by atoms with Gasteiger partial charge in [0.05, 0.1) is 0 Å². The zero-order valence-corrected chi connectivity index (χ0v) is 11.1. The number of aryl methyl sites for hydroxylation is 1. The normalized spacial score (nSPS) is 18.3. The number of carbonyl (C=O) groups is 1. The summed E-state index contributed by atoms with van der Waals surface area (Å²) in [7, 11) is 0. The summed E-state index contributed by atoms with van der Waals surface area (Å²) in [4.78, 5) is 11.7. The summed E-state index contributed by atoms with van der Waals surface area (Å²) in [6.07, 6.45) is 1.22. The summed E-state index contributed by atoms with van der Waals surface area (Å²) in [6.45, 7) is 5.78. The SMILES string of the molecule is CC(C)(C)NC(=O)OC1CCc2ccc(N)cc21. The Morgan fingerprint density at radius 1 is 1.44 bits per heavy atom. The molecule has 98 valence electrons. The molecule has 0 spiro atoms. The van der Waals surface area contributed by atoms with Crippen LogP contribution in [0.15, 0.2) is 18.2 Å². The number of hydrogen-bond acceptors (Lipinski definition) is 3. The Morgan fingerprint density at radius 3 is 2.83 bits per heavy atom. The Hall–Kier alpha value is -1.71. The standard InChI is InChI=1S/C14H20N2O2/c1-14(2,3)16-13(17)18-12-7-5-9-4-6-10(15)8-11(9)12/h4,6,8,12H,5,7,15H2,1-3H3,(H,16,17). The van der Waals surface area contributed by atoms with Crippen molar-refractivity contribution in [1.29, 1.82) is 0 Å². The first-order valence-electron chi connectivity index (χ1n) is 6.22. The van der Waals surface area contributed by atoms with Crippen molar-refractivity contribution in [2.24, 2.45) is 0 Å². The number of nitrogens with one attached hydrogen (secondary N) is 1. The number of ether oxygens (including phenoxy) is 1. The van der Waals surface area contributed by atoms with Gasteiger partial charge in [-0.15, -0.1) is 0 Å². The van der Waals surface area contributed by atoms with Crippen LogP contribution in [-0.4, -0.2) is 11.6 Å². The lowest BCUT2D eigenvalue weighted by atomic mass is 10.1. The predicted octanol–water partition coefficient (Wildman–Crippen LogP) is 2.78. The third-order valence-electron chi connectivity index (χ3n) is 2.92. The van der Waals surface area contributed by atoms with E-state index in [4.69, 9.17) is 10.5 Å². The highest BCUT2D eigenvalue weighted by molar-refractivity contribution is 5.68. The predicted molar refractivity (Wildman–Crippen MR) is 71.3 cm³/mol. The van der Waals surface area contributed by atoms with E-state index >= 15 is 0 Å².